The Balaban J connectivity index is 2.52. The standard InChI is InChI=1S/C18H15ClF4N2O3/c1-2-28-16(27)17(18(21,22)23,24-12-8-9-14(20)13(19)10-12)25-15(26)11-6-4-3-5-7-11/h3-10,24H,2H2,1H3,(H,25,26). The molecule has 2 aromatic rings. The van der Waals surface area contributed by atoms with Crippen LogP contribution in [0.1, 0.15) is 17.3 Å². The van der Waals surface area contributed by atoms with Gasteiger partial charge < -0.3 is 15.4 Å². The molecule has 2 aromatic carbocycles. The van der Waals surface area contributed by atoms with Crippen LogP contribution < -0.4 is 10.6 Å². The fourth-order valence-electron chi connectivity index (χ4n) is 2.25. The summed E-state index contributed by atoms with van der Waals surface area (Å²) in [5, 5.41) is 3.10. The fourth-order valence-corrected chi connectivity index (χ4v) is 2.43. The van der Waals surface area contributed by atoms with Crippen LogP contribution in [0.15, 0.2) is 48.5 Å². The van der Waals surface area contributed by atoms with Crippen molar-refractivity contribution in [3.05, 3.63) is 64.9 Å². The predicted octanol–water partition coefficient (Wildman–Crippen LogP) is 4.14. The maximum absolute atomic E-state index is 14.0. The largest absolute Gasteiger partial charge is 0.463 e. The Hall–Kier alpha value is -2.81. The minimum atomic E-state index is -5.31. The molecular weight excluding hydrogens is 404 g/mol. The van der Waals surface area contributed by atoms with E-state index in [1.165, 1.54) is 31.2 Å². The van der Waals surface area contributed by atoms with Crippen LogP contribution in [0.25, 0.3) is 0 Å². The van der Waals surface area contributed by atoms with Gasteiger partial charge in [-0.2, -0.15) is 13.2 Å². The molecule has 2 rings (SSSR count). The molecule has 1 amide bonds. The molecule has 0 heterocycles. The highest BCUT2D eigenvalue weighted by Crippen LogP contribution is 2.34. The quantitative estimate of drug-likeness (QED) is 0.420. The highest BCUT2D eigenvalue weighted by molar-refractivity contribution is 6.31. The smallest absolute Gasteiger partial charge is 0.441 e. The summed E-state index contributed by atoms with van der Waals surface area (Å²) in [5.74, 6) is -3.83. The Morgan fingerprint density at radius 1 is 1.11 bits per heavy atom. The van der Waals surface area contributed by atoms with Gasteiger partial charge in [-0.15, -0.1) is 0 Å². The number of esters is 1. The van der Waals surface area contributed by atoms with Crippen LogP contribution in [-0.4, -0.2) is 30.3 Å². The molecule has 0 aliphatic rings. The molecule has 0 radical (unpaired) electrons. The van der Waals surface area contributed by atoms with Gasteiger partial charge in [-0.25, -0.2) is 9.18 Å². The number of carbonyl (C=O) groups is 2. The van der Waals surface area contributed by atoms with Crippen molar-refractivity contribution >= 4 is 29.2 Å². The number of benzene rings is 2. The van der Waals surface area contributed by atoms with Gasteiger partial charge in [-0.05, 0) is 37.3 Å². The SMILES string of the molecule is CCOC(=O)C(NC(=O)c1ccccc1)(Nc1ccc(F)c(Cl)c1)C(F)(F)F. The van der Waals surface area contributed by atoms with Crippen molar-refractivity contribution in [1.82, 2.24) is 5.32 Å². The second-order valence-corrected chi connectivity index (χ2v) is 5.95. The summed E-state index contributed by atoms with van der Waals surface area (Å²) in [6.07, 6.45) is -5.31. The monoisotopic (exact) mass is 418 g/mol. The third-order valence-electron chi connectivity index (χ3n) is 3.60. The Kier molecular flexibility index (Phi) is 6.50. The van der Waals surface area contributed by atoms with Gasteiger partial charge in [-0.3, -0.25) is 4.79 Å². The number of nitrogens with one attached hydrogen (secondary N) is 2. The van der Waals surface area contributed by atoms with Gasteiger partial charge in [0.15, 0.2) is 0 Å². The normalized spacial score (nSPS) is 13.4. The topological polar surface area (TPSA) is 67.4 Å². The summed E-state index contributed by atoms with van der Waals surface area (Å²) in [5.41, 5.74) is -4.10. The molecule has 1 atom stereocenters. The van der Waals surface area contributed by atoms with E-state index in [1.807, 2.05) is 5.32 Å². The molecule has 0 saturated heterocycles. The van der Waals surface area contributed by atoms with Crippen LogP contribution in [0.4, 0.5) is 23.2 Å². The van der Waals surface area contributed by atoms with Crippen LogP contribution >= 0.6 is 11.6 Å². The van der Waals surface area contributed by atoms with Crippen LogP contribution in [0.3, 0.4) is 0 Å². The predicted molar refractivity (Wildman–Crippen MR) is 94.4 cm³/mol. The molecule has 0 spiro atoms. The highest BCUT2D eigenvalue weighted by Gasteiger charge is 2.63. The lowest BCUT2D eigenvalue weighted by Crippen LogP contribution is -2.69. The first kappa shape index (κ1) is 21.5. The van der Waals surface area contributed by atoms with Crippen molar-refractivity contribution in [2.45, 2.75) is 18.8 Å². The minimum absolute atomic E-state index is 0.112. The lowest BCUT2D eigenvalue weighted by molar-refractivity contribution is -0.204. The van der Waals surface area contributed by atoms with Gasteiger partial charge in [0, 0.05) is 11.3 Å². The van der Waals surface area contributed by atoms with Crippen LogP contribution in [0.5, 0.6) is 0 Å². The maximum atomic E-state index is 14.0. The molecule has 0 aromatic heterocycles. The average molecular weight is 419 g/mol. The Bertz CT molecular complexity index is 862. The zero-order chi connectivity index (χ0) is 20.9. The van der Waals surface area contributed by atoms with Crippen LogP contribution in [0.2, 0.25) is 5.02 Å². The van der Waals surface area contributed by atoms with Crippen molar-refractivity contribution in [1.29, 1.82) is 0 Å². The molecule has 28 heavy (non-hydrogen) atoms. The number of hydrogen-bond donors (Lipinski definition) is 2. The highest BCUT2D eigenvalue weighted by atomic mass is 35.5. The van der Waals surface area contributed by atoms with Crippen LogP contribution in [-0.2, 0) is 9.53 Å². The molecule has 150 valence electrons. The lowest BCUT2D eigenvalue weighted by atomic mass is 10.1. The van der Waals surface area contributed by atoms with E-state index in [9.17, 15) is 27.2 Å². The first-order chi connectivity index (χ1) is 13.1. The Morgan fingerprint density at radius 2 is 1.75 bits per heavy atom. The zero-order valence-electron chi connectivity index (χ0n) is 14.4. The molecule has 1 unspecified atom stereocenters. The molecule has 10 heteroatoms. The molecule has 0 fully saturated rings. The summed E-state index contributed by atoms with van der Waals surface area (Å²) in [7, 11) is 0. The number of alkyl halides is 3. The third kappa shape index (κ3) is 4.53. The zero-order valence-corrected chi connectivity index (χ0v) is 15.2. The number of anilines is 1. The van der Waals surface area contributed by atoms with Gasteiger partial charge in [-0.1, -0.05) is 29.8 Å². The van der Waals surface area contributed by atoms with Crippen molar-refractivity contribution in [2.75, 3.05) is 11.9 Å². The van der Waals surface area contributed by atoms with Crippen molar-refractivity contribution in [3.8, 4) is 0 Å². The van der Waals surface area contributed by atoms with E-state index in [0.29, 0.717) is 0 Å². The maximum Gasteiger partial charge on any atom is 0.441 e. The fraction of sp³-hybridized carbons (Fsp3) is 0.222. The number of hydrogen-bond acceptors (Lipinski definition) is 4. The Morgan fingerprint density at radius 3 is 2.29 bits per heavy atom. The molecule has 0 aliphatic carbocycles. The number of amides is 1. The number of rotatable bonds is 6. The van der Waals surface area contributed by atoms with E-state index >= 15 is 0 Å². The summed E-state index contributed by atoms with van der Waals surface area (Å²) >= 11 is 5.60. The number of carbonyl (C=O) groups excluding carboxylic acids is 2. The van der Waals surface area contributed by atoms with Crippen molar-refractivity contribution in [2.24, 2.45) is 0 Å². The van der Waals surface area contributed by atoms with E-state index in [-0.39, 0.29) is 17.9 Å². The van der Waals surface area contributed by atoms with E-state index in [0.717, 1.165) is 18.2 Å². The summed E-state index contributed by atoms with van der Waals surface area (Å²) in [6.45, 7) is 0.941. The molecular formula is C18H15ClF4N2O3. The molecule has 0 saturated carbocycles. The summed E-state index contributed by atoms with van der Waals surface area (Å²) in [4.78, 5) is 24.7. The van der Waals surface area contributed by atoms with E-state index < -0.39 is 34.6 Å². The second-order valence-electron chi connectivity index (χ2n) is 5.54. The van der Waals surface area contributed by atoms with Crippen molar-refractivity contribution in [3.63, 3.8) is 0 Å². The van der Waals surface area contributed by atoms with Crippen LogP contribution in [0, 0.1) is 5.82 Å². The van der Waals surface area contributed by atoms with Gasteiger partial charge in [0.25, 0.3) is 5.91 Å². The molecule has 0 aliphatic heterocycles. The van der Waals surface area contributed by atoms with Crippen molar-refractivity contribution < 1.29 is 31.9 Å². The van der Waals surface area contributed by atoms with E-state index in [4.69, 9.17) is 11.6 Å². The third-order valence-corrected chi connectivity index (χ3v) is 3.88. The molecule has 5 nitrogen and oxygen atoms in total. The lowest BCUT2D eigenvalue weighted by Gasteiger charge is -2.35. The second kappa shape index (κ2) is 8.47. The molecule has 2 N–H and O–H groups in total. The first-order valence-corrected chi connectivity index (χ1v) is 8.33. The minimum Gasteiger partial charge on any atom is -0.463 e. The summed E-state index contributed by atoms with van der Waals surface area (Å²) < 4.78 is 59.9. The van der Waals surface area contributed by atoms with Gasteiger partial charge >= 0.3 is 17.8 Å². The summed E-state index contributed by atoms with van der Waals surface area (Å²) in [6, 6.07) is 9.62. The average Bonchev–Trinajstić information content (AvgIpc) is 2.64. The number of ether oxygens (including phenoxy) is 1. The van der Waals surface area contributed by atoms with E-state index in [1.54, 1.807) is 11.4 Å². The first-order valence-electron chi connectivity index (χ1n) is 7.95. The Labute approximate surface area is 162 Å². The van der Waals surface area contributed by atoms with Gasteiger partial charge in [0.05, 0.1) is 11.6 Å². The van der Waals surface area contributed by atoms with Gasteiger partial charge in [0.2, 0.25) is 0 Å². The molecule has 0 bridgehead atoms. The number of halogens is 5. The van der Waals surface area contributed by atoms with E-state index in [2.05, 4.69) is 4.74 Å². The van der Waals surface area contributed by atoms with Gasteiger partial charge in [0.1, 0.15) is 5.82 Å².